The number of carbonyl (C=O) groups excluding carboxylic acids is 4. The number of para-hydroxylation sites is 1. The van der Waals surface area contributed by atoms with Crippen LogP contribution in [0.5, 0.6) is 0 Å². The summed E-state index contributed by atoms with van der Waals surface area (Å²) in [6.07, 6.45) is -0.937. The van der Waals surface area contributed by atoms with Crippen molar-refractivity contribution >= 4 is 51.1 Å². The number of ether oxygens (including phenoxy) is 1. The third kappa shape index (κ3) is 3.43. The molecule has 0 N–H and O–H groups in total. The van der Waals surface area contributed by atoms with E-state index in [2.05, 4.69) is 15.9 Å². The summed E-state index contributed by atoms with van der Waals surface area (Å²) in [5.41, 5.74) is -0.846. The summed E-state index contributed by atoms with van der Waals surface area (Å²) < 4.78 is 6.27. The zero-order valence-electron chi connectivity index (χ0n) is 18.2. The van der Waals surface area contributed by atoms with Crippen LogP contribution in [0.1, 0.15) is 39.7 Å². The van der Waals surface area contributed by atoms with E-state index in [4.69, 9.17) is 4.74 Å². The van der Waals surface area contributed by atoms with Gasteiger partial charge in [0.05, 0.1) is 22.7 Å². The Hall–Kier alpha value is -3.00. The maximum absolute atomic E-state index is 13.7. The number of amides is 4. The van der Waals surface area contributed by atoms with Gasteiger partial charge in [0.2, 0.25) is 17.7 Å². The van der Waals surface area contributed by atoms with E-state index in [1.165, 1.54) is 0 Å². The first-order valence-corrected chi connectivity index (χ1v) is 11.0. The van der Waals surface area contributed by atoms with Crippen LogP contribution in [0, 0.1) is 5.92 Å². The maximum atomic E-state index is 13.7. The number of anilines is 2. The normalized spacial score (nSPS) is 23.0. The summed E-state index contributed by atoms with van der Waals surface area (Å²) in [7, 11) is 0. The quantitative estimate of drug-likeness (QED) is 0.566. The van der Waals surface area contributed by atoms with Gasteiger partial charge in [-0.15, -0.1) is 0 Å². The van der Waals surface area contributed by atoms with E-state index in [9.17, 15) is 19.2 Å². The first-order chi connectivity index (χ1) is 14.9. The van der Waals surface area contributed by atoms with Crippen LogP contribution in [0.4, 0.5) is 16.2 Å². The molecule has 4 rings (SSSR count). The van der Waals surface area contributed by atoms with Gasteiger partial charge in [-0.3, -0.25) is 19.3 Å². The molecule has 0 unspecified atom stereocenters. The number of halogens is 1. The minimum atomic E-state index is -1.38. The molecule has 166 valence electrons. The lowest BCUT2D eigenvalue weighted by Crippen LogP contribution is -2.49. The average Bonchev–Trinajstić information content (AvgIpc) is 3.13. The minimum absolute atomic E-state index is 0.131. The molecule has 7 nitrogen and oxygen atoms in total. The van der Waals surface area contributed by atoms with Gasteiger partial charge < -0.3 is 4.74 Å². The Labute approximate surface area is 194 Å². The van der Waals surface area contributed by atoms with Crippen molar-refractivity contribution in [1.29, 1.82) is 0 Å². The van der Waals surface area contributed by atoms with Gasteiger partial charge in [-0.2, -0.15) is 0 Å². The molecule has 2 aromatic rings. The minimum Gasteiger partial charge on any atom is -0.443 e. The average molecular weight is 499 g/mol. The zero-order chi connectivity index (χ0) is 23.4. The van der Waals surface area contributed by atoms with Crippen LogP contribution in [0.3, 0.4) is 0 Å². The van der Waals surface area contributed by atoms with Gasteiger partial charge in [-0.05, 0) is 63.6 Å². The van der Waals surface area contributed by atoms with Crippen molar-refractivity contribution in [3.63, 3.8) is 0 Å². The van der Waals surface area contributed by atoms with Gasteiger partial charge >= 0.3 is 6.09 Å². The molecule has 4 amide bonds. The molecular formula is C24H23BrN2O5. The number of hydrogen-bond acceptors (Lipinski definition) is 5. The number of hydrogen-bond donors (Lipinski definition) is 0. The number of rotatable bonds is 2. The fourth-order valence-corrected chi connectivity index (χ4v) is 4.60. The van der Waals surface area contributed by atoms with Gasteiger partial charge in [-0.25, -0.2) is 9.69 Å². The summed E-state index contributed by atoms with van der Waals surface area (Å²) in [4.78, 5) is 55.0. The van der Waals surface area contributed by atoms with Crippen molar-refractivity contribution in [1.82, 2.24) is 0 Å². The van der Waals surface area contributed by atoms with Crippen molar-refractivity contribution in [2.24, 2.45) is 5.92 Å². The summed E-state index contributed by atoms with van der Waals surface area (Å²) in [5.74, 6) is -2.37. The Morgan fingerprint density at radius 2 is 1.69 bits per heavy atom. The number of benzene rings is 2. The van der Waals surface area contributed by atoms with Gasteiger partial charge in [0, 0.05) is 10.9 Å². The van der Waals surface area contributed by atoms with E-state index in [0.717, 1.165) is 14.3 Å². The summed E-state index contributed by atoms with van der Waals surface area (Å²) in [6, 6.07) is 13.6. The molecule has 0 radical (unpaired) electrons. The molecule has 0 spiro atoms. The van der Waals surface area contributed by atoms with Crippen molar-refractivity contribution in [3.05, 3.63) is 58.6 Å². The van der Waals surface area contributed by atoms with Crippen molar-refractivity contribution in [2.45, 2.75) is 45.1 Å². The number of fused-ring (bicyclic) bond motifs is 1. The Kier molecular flexibility index (Phi) is 5.24. The van der Waals surface area contributed by atoms with Crippen molar-refractivity contribution < 1.29 is 23.9 Å². The highest BCUT2D eigenvalue weighted by Crippen LogP contribution is 2.50. The van der Waals surface area contributed by atoms with Gasteiger partial charge in [0.15, 0.2) is 0 Å². The molecule has 2 aromatic carbocycles. The predicted octanol–water partition coefficient (Wildman–Crippen LogP) is 4.57. The monoisotopic (exact) mass is 498 g/mol. The maximum Gasteiger partial charge on any atom is 0.421 e. The van der Waals surface area contributed by atoms with Gasteiger partial charge in [0.1, 0.15) is 5.60 Å². The van der Waals surface area contributed by atoms with E-state index < -0.39 is 34.8 Å². The lowest BCUT2D eigenvalue weighted by atomic mass is 9.71. The summed E-state index contributed by atoms with van der Waals surface area (Å²) in [6.45, 7) is 6.77. The molecule has 0 bridgehead atoms. The number of imide groups is 2. The summed E-state index contributed by atoms with van der Waals surface area (Å²) >= 11 is 3.34. The summed E-state index contributed by atoms with van der Waals surface area (Å²) in [5, 5.41) is 0. The Morgan fingerprint density at radius 1 is 1.06 bits per heavy atom. The van der Waals surface area contributed by atoms with E-state index in [1.807, 2.05) is 0 Å². The highest BCUT2D eigenvalue weighted by molar-refractivity contribution is 9.10. The fraction of sp³-hybridized carbons (Fsp3) is 0.333. The molecule has 2 aliphatic rings. The molecule has 1 fully saturated rings. The highest BCUT2D eigenvalue weighted by atomic mass is 79.9. The Balaban J connectivity index is 1.75. The third-order valence-electron chi connectivity index (χ3n) is 5.86. The van der Waals surface area contributed by atoms with Crippen LogP contribution in [-0.4, -0.2) is 29.4 Å². The van der Waals surface area contributed by atoms with Gasteiger partial charge in [0.25, 0.3) is 0 Å². The number of carbonyl (C=O) groups is 4. The van der Waals surface area contributed by atoms with E-state index in [-0.39, 0.29) is 12.3 Å². The van der Waals surface area contributed by atoms with Gasteiger partial charge in [-0.1, -0.05) is 34.1 Å². The van der Waals surface area contributed by atoms with Crippen molar-refractivity contribution in [2.75, 3.05) is 9.80 Å². The van der Waals surface area contributed by atoms with Crippen LogP contribution in [0.2, 0.25) is 0 Å². The first-order valence-electron chi connectivity index (χ1n) is 10.2. The van der Waals surface area contributed by atoms with Crippen LogP contribution in [0.15, 0.2) is 53.0 Å². The van der Waals surface area contributed by atoms with E-state index in [1.54, 1.807) is 76.2 Å². The molecule has 2 heterocycles. The molecule has 2 aliphatic heterocycles. The highest BCUT2D eigenvalue weighted by Gasteiger charge is 2.60. The molecule has 1 saturated heterocycles. The Bertz CT molecular complexity index is 1140. The lowest BCUT2D eigenvalue weighted by molar-refractivity contribution is -0.131. The molecular weight excluding hydrogens is 476 g/mol. The molecule has 8 heteroatoms. The van der Waals surface area contributed by atoms with Crippen LogP contribution >= 0.6 is 15.9 Å². The van der Waals surface area contributed by atoms with Crippen LogP contribution < -0.4 is 9.80 Å². The largest absolute Gasteiger partial charge is 0.443 e. The second-order valence-corrected chi connectivity index (χ2v) is 10.1. The van der Waals surface area contributed by atoms with E-state index >= 15 is 0 Å². The lowest BCUT2D eigenvalue weighted by Gasteiger charge is -2.29. The molecule has 32 heavy (non-hydrogen) atoms. The third-order valence-corrected chi connectivity index (χ3v) is 6.38. The second kappa shape index (κ2) is 7.55. The fourth-order valence-electron chi connectivity index (χ4n) is 4.33. The molecule has 0 saturated carbocycles. The van der Waals surface area contributed by atoms with Crippen molar-refractivity contribution in [3.8, 4) is 0 Å². The standard InChI is InChI=1S/C24H23BrN2O5/c1-23(2,3)32-22(31)27-18-8-6-5-7-16(18)24(4,21(27)30)17-13-19(28)26(20(17)29)15-11-9-14(25)10-12-15/h5-12,17H,13H2,1-4H3/t17-,24-/m1/s1. The first kappa shape index (κ1) is 22.2. The second-order valence-electron chi connectivity index (χ2n) is 9.14. The zero-order valence-corrected chi connectivity index (χ0v) is 19.8. The molecule has 2 atom stereocenters. The molecule has 0 aliphatic carbocycles. The Morgan fingerprint density at radius 3 is 2.31 bits per heavy atom. The van der Waals surface area contributed by atoms with Crippen LogP contribution in [0.25, 0.3) is 0 Å². The van der Waals surface area contributed by atoms with E-state index in [0.29, 0.717) is 16.9 Å². The number of nitrogens with zero attached hydrogens (tertiary/aromatic N) is 2. The predicted molar refractivity (Wildman–Crippen MR) is 122 cm³/mol. The topological polar surface area (TPSA) is 84.0 Å². The SMILES string of the molecule is CC(C)(C)OC(=O)N1C(=O)[C@@](C)([C@@H]2CC(=O)N(c3ccc(Br)cc3)C2=O)c2ccccc21. The van der Waals surface area contributed by atoms with Crippen LogP contribution in [-0.2, 0) is 24.5 Å². The molecule has 0 aromatic heterocycles. The smallest absolute Gasteiger partial charge is 0.421 e.